The Morgan fingerprint density at radius 1 is 0.970 bits per heavy atom. The van der Waals surface area contributed by atoms with Crippen molar-refractivity contribution < 1.29 is 9.53 Å². The topological polar surface area (TPSA) is 56.1 Å². The molecule has 0 aliphatic heterocycles. The number of rotatable bonds is 7. The molecule has 168 valence electrons. The number of hydrogen-bond donors (Lipinski definition) is 1. The Bertz CT molecular complexity index is 1280. The lowest BCUT2D eigenvalue weighted by atomic mass is 10.1. The third kappa shape index (κ3) is 5.75. The van der Waals surface area contributed by atoms with Crippen molar-refractivity contribution in [2.24, 2.45) is 0 Å². The van der Waals surface area contributed by atoms with Gasteiger partial charge in [-0.05, 0) is 60.9 Å². The molecule has 4 rings (SSSR count). The monoisotopic (exact) mass is 479 g/mol. The molecular formula is C26H23Cl2N3O2. The van der Waals surface area contributed by atoms with Gasteiger partial charge < -0.3 is 10.1 Å². The second-order valence-electron chi connectivity index (χ2n) is 7.79. The van der Waals surface area contributed by atoms with Gasteiger partial charge in [0.1, 0.15) is 12.4 Å². The van der Waals surface area contributed by atoms with Crippen LogP contribution in [-0.4, -0.2) is 15.7 Å². The van der Waals surface area contributed by atoms with Gasteiger partial charge in [0.25, 0.3) is 5.91 Å². The lowest BCUT2D eigenvalue weighted by molar-refractivity contribution is 0.102. The lowest BCUT2D eigenvalue weighted by Gasteiger charge is -2.09. The van der Waals surface area contributed by atoms with Crippen molar-refractivity contribution in [1.82, 2.24) is 9.78 Å². The van der Waals surface area contributed by atoms with Crippen molar-refractivity contribution in [3.63, 3.8) is 0 Å². The second-order valence-corrected chi connectivity index (χ2v) is 8.61. The summed E-state index contributed by atoms with van der Waals surface area (Å²) in [6, 6.07) is 22.4. The number of nitrogens with one attached hydrogen (secondary N) is 1. The molecule has 4 aromatic rings. The molecule has 1 amide bonds. The van der Waals surface area contributed by atoms with Gasteiger partial charge in [-0.1, -0.05) is 59.6 Å². The summed E-state index contributed by atoms with van der Waals surface area (Å²) in [6.45, 7) is 4.81. The summed E-state index contributed by atoms with van der Waals surface area (Å²) in [5, 5.41) is 8.62. The largest absolute Gasteiger partial charge is 0.487 e. The van der Waals surface area contributed by atoms with Gasteiger partial charge in [-0.25, -0.2) is 0 Å². The molecule has 0 bridgehead atoms. The van der Waals surface area contributed by atoms with E-state index in [1.54, 1.807) is 12.1 Å². The molecule has 0 aliphatic rings. The number of amides is 1. The first-order valence-corrected chi connectivity index (χ1v) is 11.2. The minimum atomic E-state index is -0.230. The third-order valence-corrected chi connectivity index (χ3v) is 5.88. The normalized spacial score (nSPS) is 10.8. The molecule has 5 nitrogen and oxygen atoms in total. The number of nitrogens with zero attached hydrogens (tertiary/aromatic N) is 2. The van der Waals surface area contributed by atoms with Gasteiger partial charge in [-0.2, -0.15) is 5.10 Å². The average Bonchev–Trinajstić information content (AvgIpc) is 3.14. The molecule has 0 fully saturated rings. The molecule has 1 aromatic heterocycles. The number of benzene rings is 3. The van der Waals surface area contributed by atoms with E-state index in [2.05, 4.69) is 10.4 Å². The zero-order valence-corrected chi connectivity index (χ0v) is 19.8. The predicted octanol–water partition coefficient (Wildman–Crippen LogP) is 6.69. The summed E-state index contributed by atoms with van der Waals surface area (Å²) in [5.41, 5.74) is 4.43. The summed E-state index contributed by atoms with van der Waals surface area (Å²) in [5.74, 6) is 0.902. The number of aryl methyl sites for hydroxylation is 2. The molecule has 0 saturated carbocycles. The van der Waals surface area contributed by atoms with Crippen LogP contribution in [-0.2, 0) is 13.2 Å². The van der Waals surface area contributed by atoms with Gasteiger partial charge in [-0.3, -0.25) is 9.48 Å². The van der Waals surface area contributed by atoms with Gasteiger partial charge in [0.15, 0.2) is 5.82 Å². The fraction of sp³-hybridized carbons (Fsp3) is 0.154. The Balaban J connectivity index is 1.38. The molecule has 7 heteroatoms. The lowest BCUT2D eigenvalue weighted by Crippen LogP contribution is -2.13. The van der Waals surface area contributed by atoms with Crippen molar-refractivity contribution in [2.45, 2.75) is 27.0 Å². The Labute approximate surface area is 202 Å². The fourth-order valence-corrected chi connectivity index (χ4v) is 3.71. The van der Waals surface area contributed by atoms with E-state index in [1.807, 2.05) is 79.2 Å². The summed E-state index contributed by atoms with van der Waals surface area (Å²) in [4.78, 5) is 12.7. The van der Waals surface area contributed by atoms with Crippen LogP contribution in [0.25, 0.3) is 0 Å². The van der Waals surface area contributed by atoms with E-state index >= 15 is 0 Å². The van der Waals surface area contributed by atoms with Gasteiger partial charge in [0.05, 0.1) is 11.6 Å². The highest BCUT2D eigenvalue weighted by Crippen LogP contribution is 2.26. The van der Waals surface area contributed by atoms with Crippen LogP contribution in [0.4, 0.5) is 5.82 Å². The highest BCUT2D eigenvalue weighted by Gasteiger charge is 2.12. The SMILES string of the molecule is Cc1ccc(Cl)c(OCc2ccc(C(=O)Nc3cc(C)n(Cc4ccccc4Cl)n3)cc2)c1. The summed E-state index contributed by atoms with van der Waals surface area (Å²) >= 11 is 12.4. The number of hydrogen-bond acceptors (Lipinski definition) is 3. The molecule has 0 saturated heterocycles. The molecule has 1 N–H and O–H groups in total. The number of carbonyl (C=O) groups excluding carboxylic acids is 1. The van der Waals surface area contributed by atoms with E-state index < -0.39 is 0 Å². The van der Waals surface area contributed by atoms with Crippen LogP contribution in [0, 0.1) is 13.8 Å². The molecule has 0 radical (unpaired) electrons. The first-order valence-electron chi connectivity index (χ1n) is 10.5. The van der Waals surface area contributed by atoms with Crippen LogP contribution in [0.15, 0.2) is 72.8 Å². The van der Waals surface area contributed by atoms with Crippen molar-refractivity contribution in [3.05, 3.63) is 111 Å². The summed E-state index contributed by atoms with van der Waals surface area (Å²) < 4.78 is 7.63. The number of aromatic nitrogens is 2. The van der Waals surface area contributed by atoms with Crippen molar-refractivity contribution in [1.29, 1.82) is 0 Å². The van der Waals surface area contributed by atoms with Gasteiger partial charge in [0, 0.05) is 22.3 Å². The molecule has 0 atom stereocenters. The Kier molecular flexibility index (Phi) is 7.02. The van der Waals surface area contributed by atoms with E-state index in [9.17, 15) is 4.79 Å². The van der Waals surface area contributed by atoms with E-state index in [1.165, 1.54) is 0 Å². The van der Waals surface area contributed by atoms with Crippen LogP contribution in [0.3, 0.4) is 0 Å². The van der Waals surface area contributed by atoms with Crippen LogP contribution >= 0.6 is 23.2 Å². The number of anilines is 1. The van der Waals surface area contributed by atoms with Crippen LogP contribution in [0.5, 0.6) is 5.75 Å². The number of halogens is 2. The van der Waals surface area contributed by atoms with Crippen LogP contribution < -0.4 is 10.1 Å². The van der Waals surface area contributed by atoms with E-state index in [4.69, 9.17) is 27.9 Å². The van der Waals surface area contributed by atoms with Gasteiger partial charge in [-0.15, -0.1) is 0 Å². The zero-order chi connectivity index (χ0) is 23.4. The van der Waals surface area contributed by atoms with E-state index in [0.717, 1.165) is 22.4 Å². The number of ether oxygens (including phenoxy) is 1. The maximum absolute atomic E-state index is 12.7. The predicted molar refractivity (Wildman–Crippen MR) is 132 cm³/mol. The van der Waals surface area contributed by atoms with Crippen molar-refractivity contribution >= 4 is 34.9 Å². The molecule has 0 aliphatic carbocycles. The smallest absolute Gasteiger partial charge is 0.256 e. The van der Waals surface area contributed by atoms with Crippen molar-refractivity contribution in [3.8, 4) is 5.75 Å². The van der Waals surface area contributed by atoms with Crippen LogP contribution in [0.1, 0.15) is 32.7 Å². The van der Waals surface area contributed by atoms with E-state index in [0.29, 0.717) is 40.3 Å². The standard InChI is InChI=1S/C26H23Cl2N3O2/c1-17-7-12-23(28)24(13-17)33-16-19-8-10-20(11-9-19)26(32)29-25-14-18(2)31(30-25)15-21-5-3-4-6-22(21)27/h3-14H,15-16H2,1-2H3,(H,29,30,32). The van der Waals surface area contributed by atoms with E-state index in [-0.39, 0.29) is 5.91 Å². The van der Waals surface area contributed by atoms with Crippen LogP contribution in [0.2, 0.25) is 10.0 Å². The molecule has 1 heterocycles. The summed E-state index contributed by atoms with van der Waals surface area (Å²) in [7, 11) is 0. The number of carbonyl (C=O) groups is 1. The minimum Gasteiger partial charge on any atom is -0.487 e. The Morgan fingerprint density at radius 2 is 1.73 bits per heavy atom. The third-order valence-electron chi connectivity index (χ3n) is 5.20. The molecule has 0 spiro atoms. The Morgan fingerprint density at radius 3 is 2.48 bits per heavy atom. The minimum absolute atomic E-state index is 0.230. The fourth-order valence-electron chi connectivity index (χ4n) is 3.34. The molecule has 3 aromatic carbocycles. The summed E-state index contributed by atoms with van der Waals surface area (Å²) in [6.07, 6.45) is 0. The van der Waals surface area contributed by atoms with Crippen molar-refractivity contribution in [2.75, 3.05) is 5.32 Å². The first-order chi connectivity index (χ1) is 15.9. The van der Waals surface area contributed by atoms with Gasteiger partial charge >= 0.3 is 0 Å². The average molecular weight is 480 g/mol. The zero-order valence-electron chi connectivity index (χ0n) is 18.3. The van der Waals surface area contributed by atoms with Gasteiger partial charge in [0.2, 0.25) is 0 Å². The highest BCUT2D eigenvalue weighted by molar-refractivity contribution is 6.32. The second kappa shape index (κ2) is 10.1. The molecule has 33 heavy (non-hydrogen) atoms. The first kappa shape index (κ1) is 22.9. The molecular weight excluding hydrogens is 457 g/mol. The highest BCUT2D eigenvalue weighted by atomic mass is 35.5. The maximum Gasteiger partial charge on any atom is 0.256 e. The quantitative estimate of drug-likeness (QED) is 0.321. The Hall–Kier alpha value is -3.28. The molecule has 0 unspecified atom stereocenters. The maximum atomic E-state index is 12.7.